The molecule has 3 rings (SSSR count). The predicted octanol–water partition coefficient (Wildman–Crippen LogP) is 0.779. The molecule has 1 aromatic heterocycles. The van der Waals surface area contributed by atoms with Crippen molar-refractivity contribution in [2.75, 3.05) is 39.3 Å². The normalized spacial score (nSPS) is 22.0. The van der Waals surface area contributed by atoms with E-state index in [1.165, 1.54) is 12.8 Å². The summed E-state index contributed by atoms with van der Waals surface area (Å²) in [6.45, 7) is 6.54. The van der Waals surface area contributed by atoms with Crippen molar-refractivity contribution in [3.05, 3.63) is 30.1 Å². The number of likely N-dealkylation sites (tertiary alicyclic amines) is 1. The third kappa shape index (κ3) is 4.12. The van der Waals surface area contributed by atoms with Gasteiger partial charge in [0.1, 0.15) is 0 Å². The highest BCUT2D eigenvalue weighted by molar-refractivity contribution is 5.79. The standard InChI is InChI=1S/C18H26N4O2/c1-15(23)21-10-11-22(17(14-21)13-20-8-4-5-9-20)18(24)12-16-6-2-3-7-19-16/h2-3,6-7,17H,4-5,8-14H2,1H3. The van der Waals surface area contributed by atoms with Crippen LogP contribution in [0.25, 0.3) is 0 Å². The summed E-state index contributed by atoms with van der Waals surface area (Å²) in [5.41, 5.74) is 0.802. The minimum Gasteiger partial charge on any atom is -0.339 e. The highest BCUT2D eigenvalue weighted by Crippen LogP contribution is 2.16. The highest BCUT2D eigenvalue weighted by Gasteiger charge is 2.33. The van der Waals surface area contributed by atoms with E-state index in [2.05, 4.69) is 9.88 Å². The maximum absolute atomic E-state index is 12.8. The molecule has 1 aromatic rings. The first-order valence-corrected chi connectivity index (χ1v) is 8.81. The molecule has 0 aliphatic carbocycles. The largest absolute Gasteiger partial charge is 0.339 e. The average Bonchev–Trinajstić information content (AvgIpc) is 3.08. The number of carbonyl (C=O) groups is 2. The average molecular weight is 330 g/mol. The quantitative estimate of drug-likeness (QED) is 0.819. The molecule has 2 aliphatic rings. The van der Waals surface area contributed by atoms with Crippen LogP contribution in [0.15, 0.2) is 24.4 Å². The van der Waals surface area contributed by atoms with Crippen molar-refractivity contribution in [3.63, 3.8) is 0 Å². The Morgan fingerprint density at radius 1 is 1.17 bits per heavy atom. The van der Waals surface area contributed by atoms with Crippen molar-refractivity contribution in [2.24, 2.45) is 0 Å². The summed E-state index contributed by atoms with van der Waals surface area (Å²) in [7, 11) is 0. The molecule has 0 aromatic carbocycles. The van der Waals surface area contributed by atoms with Crippen molar-refractivity contribution >= 4 is 11.8 Å². The molecule has 0 bridgehead atoms. The molecule has 3 heterocycles. The van der Waals surface area contributed by atoms with Crippen LogP contribution >= 0.6 is 0 Å². The van der Waals surface area contributed by atoms with Gasteiger partial charge in [-0.2, -0.15) is 0 Å². The maximum atomic E-state index is 12.8. The lowest BCUT2D eigenvalue weighted by molar-refractivity contribution is -0.142. The summed E-state index contributed by atoms with van der Waals surface area (Å²) in [5.74, 6) is 0.208. The fraction of sp³-hybridized carbons (Fsp3) is 0.611. The van der Waals surface area contributed by atoms with Crippen LogP contribution < -0.4 is 0 Å². The minimum absolute atomic E-state index is 0.0805. The maximum Gasteiger partial charge on any atom is 0.229 e. The summed E-state index contributed by atoms with van der Waals surface area (Å²) in [5, 5.41) is 0. The predicted molar refractivity (Wildman–Crippen MR) is 91.4 cm³/mol. The topological polar surface area (TPSA) is 56.8 Å². The monoisotopic (exact) mass is 330 g/mol. The zero-order valence-electron chi connectivity index (χ0n) is 14.4. The van der Waals surface area contributed by atoms with E-state index in [4.69, 9.17) is 0 Å². The molecule has 2 amide bonds. The first-order valence-electron chi connectivity index (χ1n) is 8.81. The molecule has 0 saturated carbocycles. The summed E-state index contributed by atoms with van der Waals surface area (Å²) >= 11 is 0. The fourth-order valence-corrected chi connectivity index (χ4v) is 3.65. The Kier molecular flexibility index (Phi) is 5.45. The van der Waals surface area contributed by atoms with Gasteiger partial charge >= 0.3 is 0 Å². The number of hydrogen-bond donors (Lipinski definition) is 0. The molecule has 0 spiro atoms. The fourth-order valence-electron chi connectivity index (χ4n) is 3.65. The summed E-state index contributed by atoms with van der Waals surface area (Å²) < 4.78 is 0. The molecule has 2 fully saturated rings. The van der Waals surface area contributed by atoms with Crippen molar-refractivity contribution in [1.82, 2.24) is 19.7 Å². The first-order chi connectivity index (χ1) is 11.6. The lowest BCUT2D eigenvalue weighted by Gasteiger charge is -2.42. The van der Waals surface area contributed by atoms with Gasteiger partial charge in [-0.3, -0.25) is 14.6 Å². The van der Waals surface area contributed by atoms with Crippen LogP contribution in [0.2, 0.25) is 0 Å². The summed E-state index contributed by atoms with van der Waals surface area (Å²) in [6, 6.07) is 5.73. The Labute approximate surface area is 143 Å². The van der Waals surface area contributed by atoms with Crippen LogP contribution in [0.1, 0.15) is 25.5 Å². The van der Waals surface area contributed by atoms with Crippen LogP contribution in [-0.2, 0) is 16.0 Å². The smallest absolute Gasteiger partial charge is 0.229 e. The van der Waals surface area contributed by atoms with Crippen LogP contribution in [0.3, 0.4) is 0 Å². The Hall–Kier alpha value is -1.95. The summed E-state index contributed by atoms with van der Waals surface area (Å²) in [6.07, 6.45) is 4.51. The van der Waals surface area contributed by atoms with E-state index in [1.807, 2.05) is 28.0 Å². The Balaban J connectivity index is 1.68. The lowest BCUT2D eigenvalue weighted by atomic mass is 10.1. The number of aromatic nitrogens is 1. The third-order valence-electron chi connectivity index (χ3n) is 4.97. The van der Waals surface area contributed by atoms with Gasteiger partial charge in [0.15, 0.2) is 0 Å². The molecule has 1 unspecified atom stereocenters. The minimum atomic E-state index is 0.0805. The first kappa shape index (κ1) is 16.9. The van der Waals surface area contributed by atoms with Crippen LogP contribution in [0.4, 0.5) is 0 Å². The number of rotatable bonds is 4. The van der Waals surface area contributed by atoms with Crippen molar-refractivity contribution in [3.8, 4) is 0 Å². The highest BCUT2D eigenvalue weighted by atomic mass is 16.2. The van der Waals surface area contributed by atoms with Crippen molar-refractivity contribution in [1.29, 1.82) is 0 Å². The third-order valence-corrected chi connectivity index (χ3v) is 4.97. The van der Waals surface area contributed by atoms with Gasteiger partial charge in [0.2, 0.25) is 11.8 Å². The Bertz CT molecular complexity index is 572. The number of nitrogens with zero attached hydrogens (tertiary/aromatic N) is 4. The second-order valence-corrected chi connectivity index (χ2v) is 6.71. The Morgan fingerprint density at radius 3 is 2.62 bits per heavy atom. The second-order valence-electron chi connectivity index (χ2n) is 6.71. The SMILES string of the molecule is CC(=O)N1CCN(C(=O)Cc2ccccn2)C(CN2CCCC2)C1. The second kappa shape index (κ2) is 7.75. The van der Waals surface area contributed by atoms with E-state index < -0.39 is 0 Å². The molecule has 0 N–H and O–H groups in total. The lowest BCUT2D eigenvalue weighted by Crippen LogP contribution is -2.59. The van der Waals surface area contributed by atoms with E-state index >= 15 is 0 Å². The van der Waals surface area contributed by atoms with Gasteiger partial charge in [0.25, 0.3) is 0 Å². The zero-order valence-corrected chi connectivity index (χ0v) is 14.4. The number of pyridine rings is 1. The van der Waals surface area contributed by atoms with Crippen LogP contribution in [-0.4, -0.2) is 76.8 Å². The molecule has 130 valence electrons. The van der Waals surface area contributed by atoms with Gasteiger partial charge in [-0.1, -0.05) is 6.07 Å². The van der Waals surface area contributed by atoms with E-state index in [9.17, 15) is 9.59 Å². The Morgan fingerprint density at radius 2 is 1.96 bits per heavy atom. The van der Waals surface area contributed by atoms with Gasteiger partial charge in [-0.15, -0.1) is 0 Å². The van der Waals surface area contributed by atoms with E-state index in [0.29, 0.717) is 26.1 Å². The number of carbonyl (C=O) groups excluding carboxylic acids is 2. The van der Waals surface area contributed by atoms with Gasteiger partial charge in [-0.05, 0) is 38.1 Å². The molecule has 6 heteroatoms. The van der Waals surface area contributed by atoms with Crippen molar-refractivity contribution < 1.29 is 9.59 Å². The van der Waals surface area contributed by atoms with Crippen LogP contribution in [0.5, 0.6) is 0 Å². The molecule has 24 heavy (non-hydrogen) atoms. The van der Waals surface area contributed by atoms with E-state index in [1.54, 1.807) is 13.1 Å². The molecular formula is C18H26N4O2. The van der Waals surface area contributed by atoms with Gasteiger partial charge in [0.05, 0.1) is 12.5 Å². The number of amides is 2. The number of piperazine rings is 1. The molecule has 2 aliphatic heterocycles. The molecule has 6 nitrogen and oxygen atoms in total. The van der Waals surface area contributed by atoms with Crippen molar-refractivity contribution in [2.45, 2.75) is 32.2 Å². The molecular weight excluding hydrogens is 304 g/mol. The molecule has 0 radical (unpaired) electrons. The zero-order chi connectivity index (χ0) is 16.9. The number of hydrogen-bond acceptors (Lipinski definition) is 4. The molecule has 2 saturated heterocycles. The van der Waals surface area contributed by atoms with Crippen LogP contribution in [0, 0.1) is 0 Å². The van der Waals surface area contributed by atoms with E-state index in [-0.39, 0.29) is 17.9 Å². The van der Waals surface area contributed by atoms with Gasteiger partial charge < -0.3 is 14.7 Å². The van der Waals surface area contributed by atoms with Gasteiger partial charge in [-0.25, -0.2) is 0 Å². The molecule has 1 atom stereocenters. The van der Waals surface area contributed by atoms with Gasteiger partial charge in [0, 0.05) is 45.0 Å². The van der Waals surface area contributed by atoms with E-state index in [0.717, 1.165) is 25.3 Å². The summed E-state index contributed by atoms with van der Waals surface area (Å²) in [4.78, 5) is 35.0.